The summed E-state index contributed by atoms with van der Waals surface area (Å²) in [5, 5.41) is 5.16. The number of aryl methyl sites for hydroxylation is 1. The Kier molecular flexibility index (Phi) is 3.52. The van der Waals surface area contributed by atoms with Gasteiger partial charge in [-0.15, -0.1) is 11.3 Å². The highest BCUT2D eigenvalue weighted by molar-refractivity contribution is 7.10. The molecule has 3 rings (SSSR count). The van der Waals surface area contributed by atoms with Crippen LogP contribution in [0.25, 0.3) is 0 Å². The molecule has 7 heteroatoms. The third-order valence-corrected chi connectivity index (χ3v) is 4.60. The number of nitrogens with zero attached hydrogens (tertiary/aromatic N) is 1. The summed E-state index contributed by atoms with van der Waals surface area (Å²) in [5.41, 5.74) is 6.51. The van der Waals surface area contributed by atoms with Gasteiger partial charge in [0.15, 0.2) is 0 Å². The summed E-state index contributed by atoms with van der Waals surface area (Å²) in [7, 11) is 0. The number of hydrogen-bond acceptors (Lipinski definition) is 4. The Hall–Kier alpha value is -1.76. The van der Waals surface area contributed by atoms with Gasteiger partial charge in [0.25, 0.3) is 0 Å². The molecule has 3 N–H and O–H groups in total. The molecule has 112 valence electrons. The maximum absolute atomic E-state index is 12.7. The molecule has 2 heterocycles. The van der Waals surface area contributed by atoms with Gasteiger partial charge in [-0.25, -0.2) is 4.98 Å². The van der Waals surface area contributed by atoms with Crippen molar-refractivity contribution in [2.75, 3.05) is 11.1 Å². The number of alkyl halides is 3. The number of rotatable bonds is 2. The number of nitrogen functional groups attached to an aromatic ring is 1. The summed E-state index contributed by atoms with van der Waals surface area (Å²) in [4.78, 5) is 4.64. The van der Waals surface area contributed by atoms with Crippen LogP contribution >= 0.6 is 11.3 Å². The third kappa shape index (κ3) is 2.83. The number of anilines is 2. The number of pyridine rings is 1. The summed E-state index contributed by atoms with van der Waals surface area (Å²) < 4.78 is 38.2. The van der Waals surface area contributed by atoms with Crippen molar-refractivity contribution in [3.63, 3.8) is 0 Å². The van der Waals surface area contributed by atoms with Crippen molar-refractivity contribution in [2.24, 2.45) is 0 Å². The predicted octanol–water partition coefficient (Wildman–Crippen LogP) is 4.23. The maximum Gasteiger partial charge on any atom is 0.433 e. The van der Waals surface area contributed by atoms with Gasteiger partial charge in [0.1, 0.15) is 5.69 Å². The van der Waals surface area contributed by atoms with Gasteiger partial charge in [0.05, 0.1) is 23.6 Å². The van der Waals surface area contributed by atoms with Gasteiger partial charge in [0, 0.05) is 4.88 Å². The van der Waals surface area contributed by atoms with Crippen LogP contribution in [0.1, 0.15) is 35.0 Å². The molecule has 0 saturated carbocycles. The number of aromatic nitrogens is 1. The molecule has 1 unspecified atom stereocenters. The first-order valence-corrected chi connectivity index (χ1v) is 7.48. The predicted molar refractivity (Wildman–Crippen MR) is 77.3 cm³/mol. The van der Waals surface area contributed by atoms with E-state index in [0.29, 0.717) is 5.69 Å². The Morgan fingerprint density at radius 2 is 2.19 bits per heavy atom. The van der Waals surface area contributed by atoms with Crippen molar-refractivity contribution in [2.45, 2.75) is 31.5 Å². The molecule has 3 nitrogen and oxygen atoms in total. The lowest BCUT2D eigenvalue weighted by Crippen LogP contribution is -2.17. The highest BCUT2D eigenvalue weighted by Crippen LogP contribution is 2.38. The monoisotopic (exact) mass is 313 g/mol. The highest BCUT2D eigenvalue weighted by Gasteiger charge is 2.33. The van der Waals surface area contributed by atoms with Crippen LogP contribution in [0.2, 0.25) is 0 Å². The van der Waals surface area contributed by atoms with Crippen LogP contribution in [0, 0.1) is 0 Å². The van der Waals surface area contributed by atoms with Gasteiger partial charge in [-0.1, -0.05) is 0 Å². The van der Waals surface area contributed by atoms with E-state index < -0.39 is 11.9 Å². The van der Waals surface area contributed by atoms with E-state index in [1.807, 2.05) is 11.4 Å². The molecule has 1 atom stereocenters. The fourth-order valence-corrected chi connectivity index (χ4v) is 3.56. The van der Waals surface area contributed by atoms with Gasteiger partial charge < -0.3 is 11.1 Å². The molecule has 0 aromatic carbocycles. The van der Waals surface area contributed by atoms with E-state index in [1.165, 1.54) is 4.88 Å². The smallest absolute Gasteiger partial charge is 0.396 e. The first-order valence-electron chi connectivity index (χ1n) is 6.60. The average molecular weight is 313 g/mol. The first kappa shape index (κ1) is 14.2. The molecule has 1 aliphatic rings. The molecule has 0 spiro atoms. The van der Waals surface area contributed by atoms with Crippen molar-refractivity contribution < 1.29 is 13.2 Å². The van der Waals surface area contributed by atoms with Crippen molar-refractivity contribution in [1.29, 1.82) is 0 Å². The summed E-state index contributed by atoms with van der Waals surface area (Å²) in [6, 6.07) is 3.01. The standard InChI is InChI=1S/C14H14F3N3S/c15-14(16,17)13-6-11(9(18)7-19-13)20-10-2-1-3-12-8(10)4-5-21-12/h4-7,10H,1-3,18H2,(H,19,20). The minimum atomic E-state index is -4.47. The zero-order valence-electron chi connectivity index (χ0n) is 11.1. The zero-order valence-corrected chi connectivity index (χ0v) is 11.9. The van der Waals surface area contributed by atoms with E-state index in [9.17, 15) is 13.2 Å². The second-order valence-corrected chi connectivity index (χ2v) is 6.04. The van der Waals surface area contributed by atoms with E-state index in [1.54, 1.807) is 11.3 Å². The summed E-state index contributed by atoms with van der Waals surface area (Å²) >= 11 is 1.69. The molecule has 1 aliphatic carbocycles. The number of fused-ring (bicyclic) bond motifs is 1. The van der Waals surface area contributed by atoms with E-state index in [-0.39, 0.29) is 11.7 Å². The van der Waals surface area contributed by atoms with Crippen LogP contribution in [0.15, 0.2) is 23.7 Å². The lowest BCUT2D eigenvalue weighted by Gasteiger charge is -2.25. The van der Waals surface area contributed by atoms with E-state index in [2.05, 4.69) is 10.3 Å². The summed E-state index contributed by atoms with van der Waals surface area (Å²) in [6.07, 6.45) is -0.479. The summed E-state index contributed by atoms with van der Waals surface area (Å²) in [6.45, 7) is 0. The molecule has 2 aromatic rings. The lowest BCUT2D eigenvalue weighted by atomic mass is 9.94. The molecular weight excluding hydrogens is 299 g/mol. The Morgan fingerprint density at radius 1 is 1.38 bits per heavy atom. The summed E-state index contributed by atoms with van der Waals surface area (Å²) in [5.74, 6) is 0. The SMILES string of the molecule is Nc1cnc(C(F)(F)F)cc1NC1CCCc2sccc21. The Balaban J connectivity index is 1.89. The van der Waals surface area contributed by atoms with Crippen LogP contribution < -0.4 is 11.1 Å². The van der Waals surface area contributed by atoms with Crippen LogP contribution in [0.3, 0.4) is 0 Å². The average Bonchev–Trinajstić information content (AvgIpc) is 2.89. The minimum Gasteiger partial charge on any atom is -0.396 e. The fraction of sp³-hybridized carbons (Fsp3) is 0.357. The molecule has 2 aromatic heterocycles. The topological polar surface area (TPSA) is 50.9 Å². The van der Waals surface area contributed by atoms with Crippen molar-refractivity contribution in [1.82, 2.24) is 4.98 Å². The molecular formula is C14H14F3N3S. The second kappa shape index (κ2) is 5.22. The van der Waals surface area contributed by atoms with Crippen LogP contribution in [-0.4, -0.2) is 4.98 Å². The van der Waals surface area contributed by atoms with Gasteiger partial charge >= 0.3 is 6.18 Å². The van der Waals surface area contributed by atoms with Crippen molar-refractivity contribution in [3.8, 4) is 0 Å². The van der Waals surface area contributed by atoms with Gasteiger partial charge in [-0.05, 0) is 42.3 Å². The number of thiophene rings is 1. The van der Waals surface area contributed by atoms with Crippen LogP contribution in [0.4, 0.5) is 24.5 Å². The van der Waals surface area contributed by atoms with Crippen molar-refractivity contribution in [3.05, 3.63) is 39.8 Å². The quantitative estimate of drug-likeness (QED) is 0.872. The number of nitrogens with one attached hydrogen (secondary N) is 1. The Labute approximate surface area is 124 Å². The van der Waals surface area contributed by atoms with E-state index >= 15 is 0 Å². The molecule has 0 amide bonds. The fourth-order valence-electron chi connectivity index (χ4n) is 2.57. The Morgan fingerprint density at radius 3 is 2.95 bits per heavy atom. The van der Waals surface area contributed by atoms with E-state index in [4.69, 9.17) is 5.73 Å². The maximum atomic E-state index is 12.7. The number of hydrogen-bond donors (Lipinski definition) is 2. The van der Waals surface area contributed by atoms with Crippen molar-refractivity contribution >= 4 is 22.7 Å². The molecule has 21 heavy (non-hydrogen) atoms. The Bertz CT molecular complexity index is 651. The zero-order chi connectivity index (χ0) is 15.0. The van der Waals surface area contributed by atoms with Gasteiger partial charge in [-0.2, -0.15) is 13.2 Å². The van der Waals surface area contributed by atoms with Crippen LogP contribution in [0.5, 0.6) is 0 Å². The van der Waals surface area contributed by atoms with E-state index in [0.717, 1.165) is 37.1 Å². The molecule has 0 fully saturated rings. The largest absolute Gasteiger partial charge is 0.433 e. The molecule has 0 saturated heterocycles. The van der Waals surface area contributed by atoms with Gasteiger partial charge in [-0.3, -0.25) is 0 Å². The number of halogens is 3. The molecule has 0 aliphatic heterocycles. The number of nitrogens with two attached hydrogens (primary N) is 1. The normalized spacial score (nSPS) is 18.3. The first-order chi connectivity index (χ1) is 9.95. The highest BCUT2D eigenvalue weighted by atomic mass is 32.1. The van der Waals surface area contributed by atoms with Gasteiger partial charge in [0.2, 0.25) is 0 Å². The molecule has 0 radical (unpaired) electrons. The minimum absolute atomic E-state index is 0.00536. The van der Waals surface area contributed by atoms with Crippen LogP contribution in [-0.2, 0) is 12.6 Å². The third-order valence-electron chi connectivity index (χ3n) is 3.61. The second-order valence-electron chi connectivity index (χ2n) is 5.04. The lowest BCUT2D eigenvalue weighted by molar-refractivity contribution is -0.141. The molecule has 0 bridgehead atoms.